The summed E-state index contributed by atoms with van der Waals surface area (Å²) in [7, 11) is 0. The van der Waals surface area contributed by atoms with E-state index >= 15 is 0 Å². The molecule has 23 heavy (non-hydrogen) atoms. The topological polar surface area (TPSA) is 41.9 Å². The van der Waals surface area contributed by atoms with E-state index in [0.29, 0.717) is 13.2 Å². The van der Waals surface area contributed by atoms with Crippen molar-refractivity contribution in [2.24, 2.45) is 17.8 Å². The normalized spacial score (nSPS) is 43.7. The molecule has 1 aliphatic heterocycles. The molecule has 4 aliphatic carbocycles. The minimum Gasteiger partial charge on any atom is -0.389 e. The third kappa shape index (κ3) is 3.33. The van der Waals surface area contributed by atoms with E-state index in [2.05, 4.69) is 18.7 Å². The van der Waals surface area contributed by atoms with Crippen molar-refractivity contribution in [1.29, 1.82) is 0 Å². The average Bonchev–Trinajstić information content (AvgIpc) is 2.46. The van der Waals surface area contributed by atoms with Gasteiger partial charge in [-0.1, -0.05) is 0 Å². The summed E-state index contributed by atoms with van der Waals surface area (Å²) in [6.07, 6.45) is 7.66. The quantitative estimate of drug-likeness (QED) is 0.844. The third-order valence-electron chi connectivity index (χ3n) is 6.81. The van der Waals surface area contributed by atoms with Crippen LogP contribution in [0.5, 0.6) is 0 Å². The van der Waals surface area contributed by atoms with Crippen molar-refractivity contribution in [1.82, 2.24) is 4.90 Å². The Hall–Kier alpha value is -0.160. The van der Waals surface area contributed by atoms with Gasteiger partial charge in [0.2, 0.25) is 0 Å². The number of aliphatic hydroxyl groups is 1. The Labute approximate surface area is 140 Å². The molecule has 4 heteroatoms. The van der Waals surface area contributed by atoms with Crippen molar-refractivity contribution in [3.63, 3.8) is 0 Å². The van der Waals surface area contributed by atoms with Crippen LogP contribution in [0.1, 0.15) is 52.4 Å². The van der Waals surface area contributed by atoms with Crippen LogP contribution >= 0.6 is 0 Å². The van der Waals surface area contributed by atoms with Crippen molar-refractivity contribution in [2.45, 2.75) is 69.6 Å². The van der Waals surface area contributed by atoms with E-state index in [1.54, 1.807) is 0 Å². The second-order valence-electron chi connectivity index (χ2n) is 9.38. The minimum absolute atomic E-state index is 0.0138. The zero-order valence-electron chi connectivity index (χ0n) is 14.8. The Kier molecular flexibility index (Phi) is 4.24. The van der Waals surface area contributed by atoms with Crippen molar-refractivity contribution in [2.75, 3.05) is 32.9 Å². The molecule has 1 atom stereocenters. The molecule has 1 saturated heterocycles. The third-order valence-corrected chi connectivity index (χ3v) is 6.81. The summed E-state index contributed by atoms with van der Waals surface area (Å²) in [4.78, 5) is 2.35. The summed E-state index contributed by atoms with van der Waals surface area (Å²) in [5.74, 6) is 2.70. The van der Waals surface area contributed by atoms with Crippen molar-refractivity contribution >= 4 is 0 Å². The predicted octanol–water partition coefficient (Wildman–Crippen LogP) is 2.44. The van der Waals surface area contributed by atoms with Crippen LogP contribution in [0.3, 0.4) is 0 Å². The molecule has 0 radical (unpaired) electrons. The Balaban J connectivity index is 1.31. The molecule has 1 unspecified atom stereocenters. The Morgan fingerprint density at radius 2 is 1.74 bits per heavy atom. The van der Waals surface area contributed by atoms with E-state index in [-0.39, 0.29) is 17.2 Å². The largest absolute Gasteiger partial charge is 0.389 e. The predicted molar refractivity (Wildman–Crippen MR) is 89.3 cm³/mol. The van der Waals surface area contributed by atoms with Gasteiger partial charge in [0.1, 0.15) is 0 Å². The number of hydrogen-bond acceptors (Lipinski definition) is 4. The number of ether oxygens (including phenoxy) is 2. The SMILES string of the molecule is CC1(C)COCCN1CC(O)COC12CC3CC(CC(C3)C1)C2. The van der Waals surface area contributed by atoms with E-state index in [0.717, 1.165) is 37.5 Å². The maximum absolute atomic E-state index is 10.5. The first-order valence-electron chi connectivity index (χ1n) is 9.59. The van der Waals surface area contributed by atoms with Crippen molar-refractivity contribution in [3.05, 3.63) is 0 Å². The van der Waals surface area contributed by atoms with E-state index in [1.165, 1.54) is 38.5 Å². The summed E-state index contributed by atoms with van der Waals surface area (Å²) in [6, 6.07) is 0. The number of nitrogens with zero attached hydrogens (tertiary/aromatic N) is 1. The van der Waals surface area contributed by atoms with E-state index < -0.39 is 0 Å². The molecule has 132 valence electrons. The van der Waals surface area contributed by atoms with E-state index in [1.807, 2.05) is 0 Å². The molecule has 1 heterocycles. The number of β-amino-alcohol motifs (C(OH)–C–C–N with tert-alkyl or cyclic N) is 1. The molecular weight excluding hydrogens is 290 g/mol. The molecular formula is C19H33NO3. The van der Waals surface area contributed by atoms with Crippen LogP contribution in [0.15, 0.2) is 0 Å². The Morgan fingerprint density at radius 3 is 2.30 bits per heavy atom. The molecule has 4 nitrogen and oxygen atoms in total. The van der Waals surface area contributed by atoms with Gasteiger partial charge in [0.25, 0.3) is 0 Å². The van der Waals surface area contributed by atoms with Crippen LogP contribution in [0.2, 0.25) is 0 Å². The highest BCUT2D eigenvalue weighted by atomic mass is 16.5. The highest BCUT2D eigenvalue weighted by Crippen LogP contribution is 2.57. The van der Waals surface area contributed by atoms with Crippen LogP contribution in [0.25, 0.3) is 0 Å². The van der Waals surface area contributed by atoms with Crippen LogP contribution in [0, 0.1) is 17.8 Å². The fraction of sp³-hybridized carbons (Fsp3) is 1.00. The van der Waals surface area contributed by atoms with Gasteiger partial charge in [-0.3, -0.25) is 4.90 Å². The van der Waals surface area contributed by atoms with E-state index in [9.17, 15) is 5.11 Å². The smallest absolute Gasteiger partial charge is 0.0900 e. The first-order valence-corrected chi connectivity index (χ1v) is 9.59. The van der Waals surface area contributed by atoms with E-state index in [4.69, 9.17) is 9.47 Å². The van der Waals surface area contributed by atoms with Gasteiger partial charge in [-0.25, -0.2) is 0 Å². The second-order valence-corrected chi connectivity index (χ2v) is 9.38. The zero-order chi connectivity index (χ0) is 16.1. The van der Waals surface area contributed by atoms with Gasteiger partial charge >= 0.3 is 0 Å². The van der Waals surface area contributed by atoms with Crippen LogP contribution in [-0.2, 0) is 9.47 Å². The maximum Gasteiger partial charge on any atom is 0.0900 e. The lowest BCUT2D eigenvalue weighted by Gasteiger charge is -2.56. The molecule has 5 aliphatic rings. The molecule has 0 amide bonds. The fourth-order valence-corrected chi connectivity index (χ4v) is 6.02. The minimum atomic E-state index is -0.389. The molecule has 5 rings (SSSR count). The molecule has 0 spiro atoms. The molecule has 4 bridgehead atoms. The zero-order valence-corrected chi connectivity index (χ0v) is 14.8. The summed E-state index contributed by atoms with van der Waals surface area (Å²) in [5, 5.41) is 10.5. The first kappa shape index (κ1) is 16.3. The van der Waals surface area contributed by atoms with Crippen LogP contribution < -0.4 is 0 Å². The van der Waals surface area contributed by atoms with Gasteiger partial charge in [0, 0.05) is 18.6 Å². The Morgan fingerprint density at radius 1 is 1.13 bits per heavy atom. The standard InChI is InChI=1S/C19H33NO3/c1-18(2)13-22-4-3-20(18)11-17(21)12-23-19-8-14-5-15(9-19)7-16(6-14)10-19/h14-17,21H,3-13H2,1-2H3. The van der Waals surface area contributed by atoms with Gasteiger partial charge in [0.15, 0.2) is 0 Å². The molecule has 1 N–H and O–H groups in total. The maximum atomic E-state index is 10.5. The highest BCUT2D eigenvalue weighted by Gasteiger charge is 2.51. The fourth-order valence-electron chi connectivity index (χ4n) is 6.02. The van der Waals surface area contributed by atoms with Gasteiger partial charge < -0.3 is 14.6 Å². The highest BCUT2D eigenvalue weighted by molar-refractivity contribution is 5.03. The van der Waals surface area contributed by atoms with Gasteiger partial charge in [-0.05, 0) is 70.1 Å². The van der Waals surface area contributed by atoms with Gasteiger partial charge in [-0.15, -0.1) is 0 Å². The lowest BCUT2D eigenvalue weighted by Crippen LogP contribution is -2.56. The van der Waals surface area contributed by atoms with Crippen molar-refractivity contribution < 1.29 is 14.6 Å². The molecule has 4 saturated carbocycles. The van der Waals surface area contributed by atoms with Crippen molar-refractivity contribution in [3.8, 4) is 0 Å². The van der Waals surface area contributed by atoms with Gasteiger partial charge in [0.05, 0.1) is 31.5 Å². The first-order chi connectivity index (χ1) is 10.9. The summed E-state index contributed by atoms with van der Waals surface area (Å²) >= 11 is 0. The molecule has 5 fully saturated rings. The number of morpholine rings is 1. The molecule has 0 aromatic carbocycles. The summed E-state index contributed by atoms with van der Waals surface area (Å²) in [6.45, 7) is 8.00. The lowest BCUT2D eigenvalue weighted by molar-refractivity contribution is -0.178. The van der Waals surface area contributed by atoms with Crippen LogP contribution in [-0.4, -0.2) is 60.2 Å². The number of hydrogen-bond donors (Lipinski definition) is 1. The molecule has 0 aromatic heterocycles. The summed E-state index contributed by atoms with van der Waals surface area (Å²) in [5.41, 5.74) is 0.121. The van der Waals surface area contributed by atoms with Crippen LogP contribution in [0.4, 0.5) is 0 Å². The monoisotopic (exact) mass is 323 g/mol. The number of aliphatic hydroxyl groups excluding tert-OH is 1. The summed E-state index contributed by atoms with van der Waals surface area (Å²) < 4.78 is 12.0. The van der Waals surface area contributed by atoms with Gasteiger partial charge in [-0.2, -0.15) is 0 Å². The number of rotatable bonds is 5. The lowest BCUT2D eigenvalue weighted by atomic mass is 9.54. The average molecular weight is 323 g/mol. The second kappa shape index (κ2) is 5.98. The Bertz CT molecular complexity index is 401. The molecule has 0 aromatic rings.